The maximum Gasteiger partial charge on any atom is 0.335 e. The highest BCUT2D eigenvalue weighted by molar-refractivity contribution is 5.98. The highest BCUT2D eigenvalue weighted by atomic mass is 16.5. The van der Waals surface area contributed by atoms with Crippen LogP contribution in [0.2, 0.25) is 0 Å². The number of nitrogens with one attached hydrogen (secondary N) is 1. The summed E-state index contributed by atoms with van der Waals surface area (Å²) >= 11 is 0. The number of rotatable bonds is 10. The molecule has 0 heterocycles. The first kappa shape index (κ1) is 22.6. The van der Waals surface area contributed by atoms with E-state index in [2.05, 4.69) is 5.32 Å². The van der Waals surface area contributed by atoms with Gasteiger partial charge >= 0.3 is 5.97 Å². The Labute approximate surface area is 185 Å². The van der Waals surface area contributed by atoms with Crippen molar-refractivity contribution in [2.75, 3.05) is 6.61 Å². The molecule has 0 saturated carbocycles. The van der Waals surface area contributed by atoms with Crippen molar-refractivity contribution in [2.45, 2.75) is 18.9 Å². The Morgan fingerprint density at radius 2 is 1.47 bits per heavy atom. The summed E-state index contributed by atoms with van der Waals surface area (Å²) in [6.07, 6.45) is 1.02. The van der Waals surface area contributed by atoms with E-state index in [1.54, 1.807) is 0 Å². The lowest BCUT2D eigenvalue weighted by atomic mass is 10.0. The number of hydrogen-bond donors (Lipinski definition) is 3. The number of ether oxygens (including phenoxy) is 1. The van der Waals surface area contributed by atoms with Crippen LogP contribution in [0.1, 0.15) is 31.8 Å². The Morgan fingerprint density at radius 1 is 0.844 bits per heavy atom. The first-order valence-electron chi connectivity index (χ1n) is 10.1. The van der Waals surface area contributed by atoms with Gasteiger partial charge in [-0.05, 0) is 47.5 Å². The van der Waals surface area contributed by atoms with Crippen LogP contribution in [0.15, 0.2) is 78.9 Å². The van der Waals surface area contributed by atoms with Gasteiger partial charge in [0.15, 0.2) is 0 Å². The van der Waals surface area contributed by atoms with Crippen LogP contribution in [-0.2, 0) is 17.6 Å². The average Bonchev–Trinajstić information content (AvgIpc) is 2.80. The first-order chi connectivity index (χ1) is 15.4. The molecule has 1 unspecified atom stereocenters. The van der Waals surface area contributed by atoms with Gasteiger partial charge in [-0.1, -0.05) is 42.5 Å². The fourth-order valence-corrected chi connectivity index (χ4v) is 3.12. The van der Waals surface area contributed by atoms with Crippen molar-refractivity contribution in [3.05, 3.63) is 101 Å². The van der Waals surface area contributed by atoms with Crippen LogP contribution in [0.5, 0.6) is 5.75 Å². The van der Waals surface area contributed by atoms with Crippen LogP contribution < -0.4 is 15.8 Å². The molecule has 0 bridgehead atoms. The molecule has 32 heavy (non-hydrogen) atoms. The number of benzene rings is 3. The molecule has 0 aliphatic heterocycles. The third-order valence-corrected chi connectivity index (χ3v) is 4.91. The normalized spacial score (nSPS) is 11.4. The minimum atomic E-state index is -1.08. The molecule has 0 radical (unpaired) electrons. The Kier molecular flexibility index (Phi) is 7.59. The van der Waals surface area contributed by atoms with Crippen molar-refractivity contribution in [3.63, 3.8) is 0 Å². The number of primary amides is 1. The van der Waals surface area contributed by atoms with Gasteiger partial charge in [-0.25, -0.2) is 4.79 Å². The molecule has 0 saturated heterocycles. The maximum atomic E-state index is 12.4. The average molecular weight is 432 g/mol. The Balaban J connectivity index is 1.55. The van der Waals surface area contributed by atoms with E-state index in [9.17, 15) is 14.4 Å². The monoisotopic (exact) mass is 432 g/mol. The zero-order valence-corrected chi connectivity index (χ0v) is 17.4. The topological polar surface area (TPSA) is 119 Å². The Bertz CT molecular complexity index is 1060. The van der Waals surface area contributed by atoms with Gasteiger partial charge < -0.3 is 20.9 Å². The molecular formula is C25H24N2O5. The number of carbonyl (C=O) groups excluding carboxylic acids is 2. The zero-order valence-electron chi connectivity index (χ0n) is 17.4. The summed E-state index contributed by atoms with van der Waals surface area (Å²) in [6.45, 7) is 0.546. The van der Waals surface area contributed by atoms with Gasteiger partial charge in [-0.3, -0.25) is 9.59 Å². The number of hydrogen-bond acceptors (Lipinski definition) is 4. The van der Waals surface area contributed by atoms with Crippen molar-refractivity contribution in [1.82, 2.24) is 5.32 Å². The van der Waals surface area contributed by atoms with E-state index in [1.807, 2.05) is 54.6 Å². The van der Waals surface area contributed by atoms with Crippen LogP contribution in [0.3, 0.4) is 0 Å². The fraction of sp³-hybridized carbons (Fsp3) is 0.160. The van der Waals surface area contributed by atoms with Gasteiger partial charge in [0.05, 0.1) is 12.2 Å². The molecule has 4 N–H and O–H groups in total. The van der Waals surface area contributed by atoms with E-state index < -0.39 is 23.8 Å². The Morgan fingerprint density at radius 3 is 2.06 bits per heavy atom. The molecule has 0 aliphatic rings. The first-order valence-corrected chi connectivity index (χ1v) is 10.1. The third kappa shape index (κ3) is 6.43. The number of nitrogens with two attached hydrogens (primary N) is 1. The number of carboxylic acids is 1. The van der Waals surface area contributed by atoms with E-state index >= 15 is 0 Å². The number of carboxylic acid groups (broad SMARTS) is 1. The summed E-state index contributed by atoms with van der Waals surface area (Å²) in [7, 11) is 0. The summed E-state index contributed by atoms with van der Waals surface area (Å²) in [6, 6.07) is 21.8. The summed E-state index contributed by atoms with van der Waals surface area (Å²) in [5, 5.41) is 11.6. The highest BCUT2D eigenvalue weighted by Crippen LogP contribution is 2.15. The van der Waals surface area contributed by atoms with E-state index in [1.165, 1.54) is 29.8 Å². The molecule has 0 aliphatic carbocycles. The van der Waals surface area contributed by atoms with E-state index in [0.29, 0.717) is 12.4 Å². The standard InChI is InChI=1S/C25H24N2O5/c26-23(28)22(27-24(29)19-8-10-20(11-9-19)25(30)31)16-18-6-12-21(13-7-18)32-15-14-17-4-2-1-3-5-17/h1-13,22H,14-16H2,(H2,26,28)(H,27,29)(H,30,31). The highest BCUT2D eigenvalue weighted by Gasteiger charge is 2.20. The van der Waals surface area contributed by atoms with Gasteiger partial charge in [0, 0.05) is 18.4 Å². The molecule has 0 spiro atoms. The van der Waals surface area contributed by atoms with Crippen LogP contribution in [-0.4, -0.2) is 35.5 Å². The van der Waals surface area contributed by atoms with Gasteiger partial charge in [0.2, 0.25) is 5.91 Å². The minimum absolute atomic E-state index is 0.0686. The van der Waals surface area contributed by atoms with Crippen molar-refractivity contribution in [1.29, 1.82) is 0 Å². The zero-order chi connectivity index (χ0) is 22.9. The Hall–Kier alpha value is -4.13. The van der Waals surface area contributed by atoms with Crippen LogP contribution in [0.4, 0.5) is 0 Å². The molecule has 1 atom stereocenters. The largest absolute Gasteiger partial charge is 0.493 e. The molecule has 7 heteroatoms. The summed E-state index contributed by atoms with van der Waals surface area (Å²) < 4.78 is 5.76. The van der Waals surface area contributed by atoms with Crippen molar-refractivity contribution in [2.24, 2.45) is 5.73 Å². The van der Waals surface area contributed by atoms with Crippen LogP contribution >= 0.6 is 0 Å². The van der Waals surface area contributed by atoms with Crippen molar-refractivity contribution >= 4 is 17.8 Å². The second kappa shape index (κ2) is 10.8. The van der Waals surface area contributed by atoms with Crippen molar-refractivity contribution < 1.29 is 24.2 Å². The molecule has 3 rings (SSSR count). The van der Waals surface area contributed by atoms with Gasteiger partial charge in [-0.15, -0.1) is 0 Å². The van der Waals surface area contributed by atoms with Gasteiger partial charge in [0.25, 0.3) is 5.91 Å². The summed E-state index contributed by atoms with van der Waals surface area (Å²) in [5.41, 5.74) is 7.78. The maximum absolute atomic E-state index is 12.4. The molecule has 3 aromatic carbocycles. The molecule has 7 nitrogen and oxygen atoms in total. The quantitative estimate of drug-likeness (QED) is 0.455. The van der Waals surface area contributed by atoms with E-state index in [4.69, 9.17) is 15.6 Å². The lowest BCUT2D eigenvalue weighted by Gasteiger charge is -2.16. The summed E-state index contributed by atoms with van der Waals surface area (Å²) in [5.74, 6) is -1.54. The number of aromatic carboxylic acids is 1. The minimum Gasteiger partial charge on any atom is -0.493 e. The van der Waals surface area contributed by atoms with E-state index in [-0.39, 0.29) is 17.5 Å². The van der Waals surface area contributed by atoms with E-state index in [0.717, 1.165) is 12.0 Å². The lowest BCUT2D eigenvalue weighted by molar-refractivity contribution is -0.119. The number of carbonyl (C=O) groups is 3. The molecule has 0 fully saturated rings. The fourth-order valence-electron chi connectivity index (χ4n) is 3.12. The summed E-state index contributed by atoms with van der Waals surface area (Å²) in [4.78, 5) is 35.2. The van der Waals surface area contributed by atoms with Crippen molar-refractivity contribution in [3.8, 4) is 5.75 Å². The molecule has 3 aromatic rings. The predicted molar refractivity (Wildman–Crippen MR) is 120 cm³/mol. The van der Waals surface area contributed by atoms with Gasteiger partial charge in [0.1, 0.15) is 11.8 Å². The van der Waals surface area contributed by atoms with Crippen LogP contribution in [0, 0.1) is 0 Å². The molecule has 0 aromatic heterocycles. The SMILES string of the molecule is NC(=O)C(Cc1ccc(OCCc2ccccc2)cc1)NC(=O)c1ccc(C(=O)O)cc1. The van der Waals surface area contributed by atoms with Gasteiger partial charge in [-0.2, -0.15) is 0 Å². The molecule has 2 amide bonds. The lowest BCUT2D eigenvalue weighted by Crippen LogP contribution is -2.45. The number of amides is 2. The predicted octanol–water partition coefficient (Wildman–Crippen LogP) is 2.83. The second-order valence-electron chi connectivity index (χ2n) is 7.24. The molecular weight excluding hydrogens is 408 g/mol. The second-order valence-corrected chi connectivity index (χ2v) is 7.24. The smallest absolute Gasteiger partial charge is 0.335 e. The third-order valence-electron chi connectivity index (χ3n) is 4.91. The molecule has 164 valence electrons. The van der Waals surface area contributed by atoms with Crippen LogP contribution in [0.25, 0.3) is 0 Å².